The molecule has 4 rings (SSSR count). The highest BCUT2D eigenvalue weighted by Gasteiger charge is 2.35. The first kappa shape index (κ1) is 16.2. The van der Waals surface area contributed by atoms with Crippen LogP contribution >= 0.6 is 0 Å². The summed E-state index contributed by atoms with van der Waals surface area (Å²) in [5, 5.41) is 16.6. The number of aliphatic hydroxyl groups excluding tert-OH is 1. The molecule has 2 amide bonds. The largest absolute Gasteiger partial charge is 0.396 e. The monoisotopic (exact) mass is 351 g/mol. The van der Waals surface area contributed by atoms with E-state index in [1.165, 1.54) is 0 Å². The number of imide groups is 1. The van der Waals surface area contributed by atoms with Crippen molar-refractivity contribution >= 4 is 34.0 Å². The predicted octanol–water partition coefficient (Wildman–Crippen LogP) is 0.719. The first-order valence-corrected chi connectivity index (χ1v) is 8.25. The SMILES string of the molecule is Cn1ccc(C2=C(c3cn(CCCO)c4ncccc34)C(=O)NC2=O)n1. The molecule has 1 aliphatic rings. The Morgan fingerprint density at radius 2 is 2.00 bits per heavy atom. The summed E-state index contributed by atoms with van der Waals surface area (Å²) in [5.74, 6) is -0.899. The van der Waals surface area contributed by atoms with Crippen LogP contribution in [0.5, 0.6) is 0 Å². The van der Waals surface area contributed by atoms with Crippen LogP contribution in [0, 0.1) is 0 Å². The third-order valence-corrected chi connectivity index (χ3v) is 4.36. The summed E-state index contributed by atoms with van der Waals surface area (Å²) in [5.41, 5.74) is 2.35. The summed E-state index contributed by atoms with van der Waals surface area (Å²) < 4.78 is 3.47. The van der Waals surface area contributed by atoms with Gasteiger partial charge in [-0.1, -0.05) is 0 Å². The molecule has 0 spiro atoms. The lowest BCUT2D eigenvalue weighted by Gasteiger charge is -2.01. The number of nitrogens with one attached hydrogen (secondary N) is 1. The molecule has 0 atom stereocenters. The molecular formula is C18H17N5O3. The Morgan fingerprint density at radius 1 is 1.19 bits per heavy atom. The summed E-state index contributed by atoms with van der Waals surface area (Å²) in [7, 11) is 1.75. The molecule has 0 unspecified atom stereocenters. The van der Waals surface area contributed by atoms with Crippen LogP contribution in [0.1, 0.15) is 17.7 Å². The van der Waals surface area contributed by atoms with Gasteiger partial charge >= 0.3 is 0 Å². The van der Waals surface area contributed by atoms with E-state index in [-0.39, 0.29) is 12.2 Å². The highest BCUT2D eigenvalue weighted by Crippen LogP contribution is 2.34. The molecule has 3 aromatic heterocycles. The van der Waals surface area contributed by atoms with E-state index in [4.69, 9.17) is 5.11 Å². The lowest BCUT2D eigenvalue weighted by molar-refractivity contribution is -0.122. The molecular weight excluding hydrogens is 334 g/mol. The van der Waals surface area contributed by atoms with Gasteiger partial charge in [0.25, 0.3) is 11.8 Å². The van der Waals surface area contributed by atoms with Crippen LogP contribution in [-0.2, 0) is 23.2 Å². The number of carbonyl (C=O) groups excluding carboxylic acids is 2. The topological polar surface area (TPSA) is 102 Å². The summed E-state index contributed by atoms with van der Waals surface area (Å²) >= 11 is 0. The van der Waals surface area contributed by atoms with Crippen LogP contribution in [0.4, 0.5) is 0 Å². The van der Waals surface area contributed by atoms with Gasteiger partial charge in [-0.3, -0.25) is 19.6 Å². The van der Waals surface area contributed by atoms with Crippen molar-refractivity contribution < 1.29 is 14.7 Å². The molecule has 1 aliphatic heterocycles. The molecule has 8 heteroatoms. The first-order valence-electron chi connectivity index (χ1n) is 8.25. The molecule has 0 aliphatic carbocycles. The Labute approximate surface area is 148 Å². The van der Waals surface area contributed by atoms with Crippen molar-refractivity contribution in [2.75, 3.05) is 6.61 Å². The third kappa shape index (κ3) is 2.51. The maximum absolute atomic E-state index is 12.5. The van der Waals surface area contributed by atoms with Crippen molar-refractivity contribution in [2.45, 2.75) is 13.0 Å². The lowest BCUT2D eigenvalue weighted by atomic mass is 10.00. The first-order chi connectivity index (χ1) is 12.6. The molecule has 8 nitrogen and oxygen atoms in total. The number of hydrogen-bond acceptors (Lipinski definition) is 5. The Morgan fingerprint density at radius 3 is 2.73 bits per heavy atom. The predicted molar refractivity (Wildman–Crippen MR) is 94.6 cm³/mol. The Balaban J connectivity index is 1.96. The molecule has 0 bridgehead atoms. The minimum atomic E-state index is -0.455. The van der Waals surface area contributed by atoms with E-state index < -0.39 is 11.8 Å². The molecule has 26 heavy (non-hydrogen) atoms. The van der Waals surface area contributed by atoms with Gasteiger partial charge in [-0.25, -0.2) is 4.98 Å². The van der Waals surface area contributed by atoms with Gasteiger partial charge in [0, 0.05) is 49.7 Å². The van der Waals surface area contributed by atoms with Crippen molar-refractivity contribution in [1.82, 2.24) is 24.6 Å². The second-order valence-electron chi connectivity index (χ2n) is 6.10. The number of carbonyl (C=O) groups is 2. The summed E-state index contributed by atoms with van der Waals surface area (Å²) in [4.78, 5) is 29.3. The number of fused-ring (bicyclic) bond motifs is 1. The third-order valence-electron chi connectivity index (χ3n) is 4.36. The summed E-state index contributed by atoms with van der Waals surface area (Å²) in [6, 6.07) is 5.36. The lowest BCUT2D eigenvalue weighted by Crippen LogP contribution is -2.22. The van der Waals surface area contributed by atoms with Gasteiger partial charge in [0.1, 0.15) is 5.65 Å². The van der Waals surface area contributed by atoms with Gasteiger partial charge < -0.3 is 9.67 Å². The number of hydrogen-bond donors (Lipinski definition) is 2. The summed E-state index contributed by atoms with van der Waals surface area (Å²) in [6.45, 7) is 0.620. The fourth-order valence-electron chi connectivity index (χ4n) is 3.24. The molecule has 0 radical (unpaired) electrons. The van der Waals surface area contributed by atoms with Crippen LogP contribution < -0.4 is 5.32 Å². The second kappa shape index (κ2) is 6.23. The maximum Gasteiger partial charge on any atom is 0.261 e. The molecule has 3 aromatic rings. The van der Waals surface area contributed by atoms with Crippen LogP contribution in [0.2, 0.25) is 0 Å². The minimum Gasteiger partial charge on any atom is -0.396 e. The number of aryl methyl sites for hydroxylation is 2. The van der Waals surface area contributed by atoms with Gasteiger partial charge in [0.05, 0.1) is 16.8 Å². The van der Waals surface area contributed by atoms with Gasteiger partial charge in [-0.15, -0.1) is 0 Å². The van der Waals surface area contributed by atoms with Crippen LogP contribution in [-0.4, -0.2) is 42.9 Å². The second-order valence-corrected chi connectivity index (χ2v) is 6.10. The summed E-state index contributed by atoms with van der Waals surface area (Å²) in [6.07, 6.45) is 5.78. The molecule has 0 saturated heterocycles. The zero-order chi connectivity index (χ0) is 18.3. The van der Waals surface area contributed by atoms with Crippen molar-refractivity contribution in [1.29, 1.82) is 0 Å². The quantitative estimate of drug-likeness (QED) is 0.660. The smallest absolute Gasteiger partial charge is 0.261 e. The number of amides is 2. The number of pyridine rings is 1. The number of aliphatic hydroxyl groups is 1. The van der Waals surface area contributed by atoms with Crippen LogP contribution in [0.15, 0.2) is 36.8 Å². The number of aromatic nitrogens is 4. The highest BCUT2D eigenvalue weighted by atomic mass is 16.3. The van der Waals surface area contributed by atoms with Crippen molar-refractivity contribution in [3.63, 3.8) is 0 Å². The fourth-order valence-corrected chi connectivity index (χ4v) is 3.24. The highest BCUT2D eigenvalue weighted by molar-refractivity contribution is 6.49. The van der Waals surface area contributed by atoms with Gasteiger partial charge in [0.2, 0.25) is 0 Å². The Bertz CT molecular complexity index is 1060. The molecule has 4 heterocycles. The van der Waals surface area contributed by atoms with Crippen LogP contribution in [0.3, 0.4) is 0 Å². The number of nitrogens with zero attached hydrogens (tertiary/aromatic N) is 4. The van der Waals surface area contributed by atoms with Gasteiger partial charge in [-0.05, 0) is 24.6 Å². The van der Waals surface area contributed by atoms with Crippen LogP contribution in [0.25, 0.3) is 22.2 Å². The zero-order valence-corrected chi connectivity index (χ0v) is 14.1. The molecule has 0 saturated carbocycles. The van der Waals surface area contributed by atoms with Crippen molar-refractivity contribution in [2.24, 2.45) is 7.05 Å². The molecule has 132 valence electrons. The van der Waals surface area contributed by atoms with E-state index in [0.717, 1.165) is 5.39 Å². The van der Waals surface area contributed by atoms with Gasteiger partial charge in [0.15, 0.2) is 0 Å². The molecule has 0 fully saturated rings. The van der Waals surface area contributed by atoms with E-state index >= 15 is 0 Å². The standard InChI is InChI=1S/C18H17N5O3/c1-22-8-5-13(21-22)15-14(17(25)20-18(15)26)12-10-23(7-3-9-24)16-11(12)4-2-6-19-16/h2,4-6,8,10,24H,3,7,9H2,1H3,(H,20,25,26). The normalized spacial score (nSPS) is 14.5. The Kier molecular flexibility index (Phi) is 3.89. The van der Waals surface area contributed by atoms with E-state index in [0.29, 0.717) is 35.4 Å². The Hall–Kier alpha value is -3.26. The minimum absolute atomic E-state index is 0.0582. The van der Waals surface area contributed by atoms with E-state index in [2.05, 4.69) is 15.4 Å². The number of rotatable bonds is 5. The van der Waals surface area contributed by atoms with E-state index in [9.17, 15) is 9.59 Å². The van der Waals surface area contributed by atoms with E-state index in [1.54, 1.807) is 36.3 Å². The van der Waals surface area contributed by atoms with Crippen molar-refractivity contribution in [3.05, 3.63) is 48.0 Å². The fraction of sp³-hybridized carbons (Fsp3) is 0.222. The molecule has 2 N–H and O–H groups in total. The molecule has 0 aromatic carbocycles. The van der Waals surface area contributed by atoms with Crippen molar-refractivity contribution in [3.8, 4) is 0 Å². The van der Waals surface area contributed by atoms with E-state index in [1.807, 2.05) is 16.8 Å². The van der Waals surface area contributed by atoms with Gasteiger partial charge in [-0.2, -0.15) is 5.10 Å². The average Bonchev–Trinajstić information content (AvgIpc) is 3.28. The zero-order valence-electron chi connectivity index (χ0n) is 14.1. The maximum atomic E-state index is 12.5. The average molecular weight is 351 g/mol.